The monoisotopic (exact) mass is 505 g/mol. The van der Waals surface area contributed by atoms with E-state index in [-0.39, 0.29) is 34.9 Å². The maximum atomic E-state index is 13.9. The summed E-state index contributed by atoms with van der Waals surface area (Å²) in [7, 11) is 0. The Morgan fingerprint density at radius 3 is 2.46 bits per heavy atom. The zero-order valence-electron chi connectivity index (χ0n) is 19.3. The number of nitro benzene ring substituents is 1. The standard InChI is InChI=1S/C26H21F2N5O4/c27-24(28)23-14-22(16-7-3-1-4-8-16)31-25-21(15-29-32(23)25)26(34)30-17-11-18(33(35)36)13-20(12-17)37-19-9-5-2-6-10-19/h1-13,15,22-24,31H,14H2,(H,30,34)/t22-,23-/m1/s1. The van der Waals surface area contributed by atoms with Crippen LogP contribution >= 0.6 is 0 Å². The molecule has 0 spiro atoms. The van der Waals surface area contributed by atoms with Gasteiger partial charge in [-0.15, -0.1) is 0 Å². The minimum Gasteiger partial charge on any atom is -0.457 e. The molecule has 0 saturated carbocycles. The second kappa shape index (κ2) is 10.1. The summed E-state index contributed by atoms with van der Waals surface area (Å²) in [5.74, 6) is 0.0867. The second-order valence-corrected chi connectivity index (χ2v) is 8.44. The zero-order chi connectivity index (χ0) is 25.9. The van der Waals surface area contributed by atoms with Gasteiger partial charge in [-0.2, -0.15) is 5.10 Å². The normalized spacial score (nSPS) is 16.5. The average molecular weight is 505 g/mol. The molecule has 2 atom stereocenters. The summed E-state index contributed by atoms with van der Waals surface area (Å²) >= 11 is 0. The van der Waals surface area contributed by atoms with Gasteiger partial charge in [-0.1, -0.05) is 48.5 Å². The summed E-state index contributed by atoms with van der Waals surface area (Å²) < 4.78 is 34.7. The number of nitrogens with zero attached hydrogens (tertiary/aromatic N) is 3. The van der Waals surface area contributed by atoms with Crippen LogP contribution in [0.1, 0.15) is 34.4 Å². The van der Waals surface area contributed by atoms with Gasteiger partial charge in [-0.3, -0.25) is 14.9 Å². The van der Waals surface area contributed by atoms with E-state index in [0.29, 0.717) is 5.75 Å². The highest BCUT2D eigenvalue weighted by Crippen LogP contribution is 2.39. The molecule has 0 fully saturated rings. The van der Waals surface area contributed by atoms with Crippen molar-refractivity contribution < 1.29 is 23.2 Å². The molecule has 11 heteroatoms. The van der Waals surface area contributed by atoms with E-state index < -0.39 is 29.3 Å². The van der Waals surface area contributed by atoms with Gasteiger partial charge < -0.3 is 15.4 Å². The number of hydrogen-bond acceptors (Lipinski definition) is 6. The number of benzene rings is 3. The summed E-state index contributed by atoms with van der Waals surface area (Å²) in [6.45, 7) is 0. The van der Waals surface area contributed by atoms with Gasteiger partial charge in [-0.05, 0) is 24.1 Å². The van der Waals surface area contributed by atoms with Gasteiger partial charge in [0, 0.05) is 12.1 Å². The number of carbonyl (C=O) groups excluding carboxylic acids is 1. The highest BCUT2D eigenvalue weighted by atomic mass is 19.3. The first-order valence-electron chi connectivity index (χ1n) is 11.4. The molecule has 0 radical (unpaired) electrons. The Balaban J connectivity index is 1.44. The molecule has 1 aliphatic rings. The summed E-state index contributed by atoms with van der Waals surface area (Å²) in [6.07, 6.45) is -1.40. The maximum absolute atomic E-state index is 13.9. The Labute approximate surface area is 209 Å². The first kappa shape index (κ1) is 23.9. The van der Waals surface area contributed by atoms with Gasteiger partial charge in [0.1, 0.15) is 28.9 Å². The lowest BCUT2D eigenvalue weighted by Gasteiger charge is -2.32. The third-order valence-electron chi connectivity index (χ3n) is 5.97. The van der Waals surface area contributed by atoms with Gasteiger partial charge in [0.25, 0.3) is 18.0 Å². The molecule has 3 aromatic carbocycles. The number of anilines is 2. The summed E-state index contributed by atoms with van der Waals surface area (Å²) in [4.78, 5) is 24.1. The zero-order valence-corrected chi connectivity index (χ0v) is 19.3. The third-order valence-corrected chi connectivity index (χ3v) is 5.97. The topological polar surface area (TPSA) is 111 Å². The highest BCUT2D eigenvalue weighted by molar-refractivity contribution is 6.07. The number of amides is 1. The van der Waals surface area contributed by atoms with Gasteiger partial charge in [0.05, 0.1) is 28.9 Å². The fraction of sp³-hybridized carbons (Fsp3) is 0.154. The Hall–Kier alpha value is -4.80. The molecule has 1 aliphatic heterocycles. The van der Waals surface area contributed by atoms with E-state index in [0.717, 1.165) is 10.2 Å². The van der Waals surface area contributed by atoms with Crippen molar-refractivity contribution in [2.24, 2.45) is 0 Å². The molecule has 188 valence electrons. The summed E-state index contributed by atoms with van der Waals surface area (Å²) in [6, 6.07) is 19.9. The van der Waals surface area contributed by atoms with Crippen molar-refractivity contribution in [2.45, 2.75) is 24.9 Å². The molecule has 0 aliphatic carbocycles. The van der Waals surface area contributed by atoms with Crippen LogP contribution in [0.3, 0.4) is 0 Å². The Morgan fingerprint density at radius 2 is 1.78 bits per heavy atom. The van der Waals surface area contributed by atoms with Gasteiger partial charge >= 0.3 is 0 Å². The van der Waals surface area contributed by atoms with E-state index in [1.165, 1.54) is 24.4 Å². The lowest BCUT2D eigenvalue weighted by atomic mass is 9.97. The SMILES string of the molecule is O=C(Nc1cc(Oc2ccccc2)cc([N+](=O)[O-])c1)c1cnn2c1N[C@@H](c1ccccc1)C[C@@H]2C(F)F. The quantitative estimate of drug-likeness (QED) is 0.229. The second-order valence-electron chi connectivity index (χ2n) is 8.44. The fourth-order valence-electron chi connectivity index (χ4n) is 4.25. The van der Waals surface area contributed by atoms with E-state index in [1.807, 2.05) is 30.3 Å². The molecule has 2 heterocycles. The lowest BCUT2D eigenvalue weighted by Crippen LogP contribution is -2.31. The number of hydrogen-bond donors (Lipinski definition) is 2. The van der Waals surface area contributed by atoms with Crippen molar-refractivity contribution in [1.82, 2.24) is 9.78 Å². The molecule has 37 heavy (non-hydrogen) atoms. The van der Waals surface area contributed by atoms with Crippen LogP contribution in [0.2, 0.25) is 0 Å². The molecule has 4 aromatic rings. The number of nitro groups is 1. The number of rotatable bonds is 7. The Kier molecular flexibility index (Phi) is 6.50. The first-order chi connectivity index (χ1) is 17.9. The van der Waals surface area contributed by atoms with E-state index in [1.54, 1.807) is 30.3 Å². The first-order valence-corrected chi connectivity index (χ1v) is 11.4. The number of alkyl halides is 2. The van der Waals surface area contributed by atoms with Crippen molar-refractivity contribution in [3.8, 4) is 11.5 Å². The van der Waals surface area contributed by atoms with Gasteiger partial charge in [-0.25, -0.2) is 13.5 Å². The lowest BCUT2D eigenvalue weighted by molar-refractivity contribution is -0.384. The van der Waals surface area contributed by atoms with Crippen LogP contribution in [0, 0.1) is 10.1 Å². The number of halogens is 2. The number of non-ortho nitro benzene ring substituents is 1. The minimum absolute atomic E-state index is 0.0308. The van der Waals surface area contributed by atoms with E-state index >= 15 is 0 Å². The van der Waals surface area contributed by atoms with Crippen molar-refractivity contribution in [3.63, 3.8) is 0 Å². The molecule has 2 N–H and O–H groups in total. The maximum Gasteiger partial charge on any atom is 0.275 e. The number of ether oxygens (including phenoxy) is 1. The molecule has 5 rings (SSSR count). The van der Waals surface area contributed by atoms with Gasteiger partial charge in [0.2, 0.25) is 0 Å². The van der Waals surface area contributed by atoms with Crippen LogP contribution in [-0.4, -0.2) is 27.0 Å². The van der Waals surface area contributed by atoms with E-state index in [4.69, 9.17) is 4.74 Å². The predicted octanol–water partition coefficient (Wildman–Crippen LogP) is 6.20. The molecule has 0 bridgehead atoms. The molecule has 1 aromatic heterocycles. The molecular formula is C26H21F2N5O4. The largest absolute Gasteiger partial charge is 0.457 e. The van der Waals surface area contributed by atoms with Crippen LogP contribution in [0.5, 0.6) is 11.5 Å². The van der Waals surface area contributed by atoms with Gasteiger partial charge in [0.15, 0.2) is 0 Å². The van der Waals surface area contributed by atoms with E-state index in [9.17, 15) is 23.7 Å². The van der Waals surface area contributed by atoms with Crippen LogP contribution in [0.25, 0.3) is 0 Å². The smallest absolute Gasteiger partial charge is 0.275 e. The summed E-state index contributed by atoms with van der Waals surface area (Å²) in [5.41, 5.74) is 0.642. The Morgan fingerprint density at radius 1 is 1.08 bits per heavy atom. The van der Waals surface area contributed by atoms with Crippen LogP contribution in [-0.2, 0) is 0 Å². The molecular weight excluding hydrogens is 484 g/mol. The van der Waals surface area contributed by atoms with Crippen LogP contribution < -0.4 is 15.4 Å². The fourth-order valence-corrected chi connectivity index (χ4v) is 4.25. The molecule has 0 unspecified atom stereocenters. The number of nitrogens with one attached hydrogen (secondary N) is 2. The Bertz CT molecular complexity index is 1430. The number of carbonyl (C=O) groups is 1. The number of aromatic nitrogens is 2. The van der Waals surface area contributed by atoms with Crippen LogP contribution in [0.15, 0.2) is 85.1 Å². The van der Waals surface area contributed by atoms with Crippen molar-refractivity contribution in [3.05, 3.63) is 106 Å². The van der Waals surface area contributed by atoms with Crippen molar-refractivity contribution >= 4 is 23.1 Å². The van der Waals surface area contributed by atoms with Crippen molar-refractivity contribution in [1.29, 1.82) is 0 Å². The summed E-state index contributed by atoms with van der Waals surface area (Å²) in [5, 5.41) is 21.3. The number of fused-ring (bicyclic) bond motifs is 1. The average Bonchev–Trinajstić information content (AvgIpc) is 3.33. The molecule has 9 nitrogen and oxygen atoms in total. The van der Waals surface area contributed by atoms with Crippen LogP contribution in [0.4, 0.5) is 26.0 Å². The third kappa shape index (κ3) is 5.10. The number of para-hydroxylation sites is 1. The molecule has 0 saturated heterocycles. The highest BCUT2D eigenvalue weighted by Gasteiger charge is 2.36. The minimum atomic E-state index is -2.70. The predicted molar refractivity (Wildman–Crippen MR) is 132 cm³/mol. The van der Waals surface area contributed by atoms with Crippen molar-refractivity contribution in [2.75, 3.05) is 10.6 Å². The molecule has 1 amide bonds. The van der Waals surface area contributed by atoms with E-state index in [2.05, 4.69) is 15.7 Å².